The molecule has 1 atom stereocenters. The van der Waals surface area contributed by atoms with Crippen molar-refractivity contribution in [1.29, 1.82) is 0 Å². The fourth-order valence-corrected chi connectivity index (χ4v) is 4.30. The van der Waals surface area contributed by atoms with Gasteiger partial charge in [-0.05, 0) is 73.6 Å². The van der Waals surface area contributed by atoms with Crippen molar-refractivity contribution in [3.05, 3.63) is 70.8 Å². The van der Waals surface area contributed by atoms with Crippen molar-refractivity contribution in [2.45, 2.75) is 53.5 Å². The van der Waals surface area contributed by atoms with E-state index in [1.165, 1.54) is 7.11 Å². The first kappa shape index (κ1) is 26.7. The van der Waals surface area contributed by atoms with Gasteiger partial charge in [0.1, 0.15) is 6.04 Å². The molecule has 0 saturated carbocycles. The molecule has 3 N–H and O–H groups in total. The highest BCUT2D eigenvalue weighted by Gasteiger charge is 2.24. The van der Waals surface area contributed by atoms with Gasteiger partial charge in [-0.3, -0.25) is 4.79 Å². The lowest BCUT2D eigenvalue weighted by atomic mass is 10.0. The Labute approximate surface area is 212 Å². The predicted molar refractivity (Wildman–Crippen MR) is 145 cm³/mol. The second-order valence-corrected chi connectivity index (χ2v) is 9.62. The summed E-state index contributed by atoms with van der Waals surface area (Å²) in [6, 6.07) is 13.8. The van der Waals surface area contributed by atoms with E-state index in [1.807, 2.05) is 57.2 Å². The number of carbonyl (C=O) groups excluding carboxylic acids is 3. The highest BCUT2D eigenvalue weighted by atomic mass is 16.5. The highest BCUT2D eigenvalue weighted by molar-refractivity contribution is 6.10. The maximum atomic E-state index is 13.4. The molecule has 0 aromatic heterocycles. The molecule has 0 fully saturated rings. The SMILES string of the molecule is COC(=O)C(CCC(C)C)NC(=O)c1cc2ccccc2cc1NC(=O)Nc1c(C)cc(C)cc1C. The minimum atomic E-state index is -0.782. The van der Waals surface area contributed by atoms with Crippen LogP contribution in [0.1, 0.15) is 53.7 Å². The number of methoxy groups -OCH3 is 1. The minimum Gasteiger partial charge on any atom is -0.467 e. The van der Waals surface area contributed by atoms with E-state index in [9.17, 15) is 14.4 Å². The second-order valence-electron chi connectivity index (χ2n) is 9.62. The number of anilines is 2. The van der Waals surface area contributed by atoms with Crippen molar-refractivity contribution in [1.82, 2.24) is 5.32 Å². The number of urea groups is 1. The number of ether oxygens (including phenoxy) is 1. The average Bonchev–Trinajstić information content (AvgIpc) is 2.82. The van der Waals surface area contributed by atoms with Gasteiger partial charge in [-0.25, -0.2) is 9.59 Å². The molecular weight excluding hydrogens is 454 g/mol. The maximum absolute atomic E-state index is 13.4. The number of hydrogen-bond donors (Lipinski definition) is 3. The zero-order chi connectivity index (χ0) is 26.4. The number of benzene rings is 3. The van der Waals surface area contributed by atoms with Crippen LogP contribution >= 0.6 is 0 Å². The molecule has 3 aromatic rings. The zero-order valence-corrected chi connectivity index (χ0v) is 21.8. The largest absolute Gasteiger partial charge is 0.467 e. The van der Waals surface area contributed by atoms with Crippen molar-refractivity contribution < 1.29 is 19.1 Å². The van der Waals surface area contributed by atoms with E-state index in [0.717, 1.165) is 39.6 Å². The van der Waals surface area contributed by atoms with E-state index in [1.54, 1.807) is 12.1 Å². The predicted octanol–water partition coefficient (Wildman–Crippen LogP) is 6.12. The first-order chi connectivity index (χ1) is 17.1. The summed E-state index contributed by atoms with van der Waals surface area (Å²) in [5, 5.41) is 10.3. The molecule has 36 heavy (non-hydrogen) atoms. The van der Waals surface area contributed by atoms with Crippen molar-refractivity contribution in [3.8, 4) is 0 Å². The lowest BCUT2D eigenvalue weighted by molar-refractivity contribution is -0.143. The molecule has 0 radical (unpaired) electrons. The summed E-state index contributed by atoms with van der Waals surface area (Å²) in [6.45, 7) is 9.99. The molecule has 190 valence electrons. The molecule has 0 aliphatic rings. The summed E-state index contributed by atoms with van der Waals surface area (Å²) < 4.78 is 4.91. The van der Waals surface area contributed by atoms with Crippen LogP contribution in [0, 0.1) is 26.7 Å². The van der Waals surface area contributed by atoms with Gasteiger partial charge in [-0.15, -0.1) is 0 Å². The van der Waals surface area contributed by atoms with Crippen LogP contribution in [0.2, 0.25) is 0 Å². The number of hydrogen-bond acceptors (Lipinski definition) is 4. The topological polar surface area (TPSA) is 96.5 Å². The molecule has 3 rings (SSSR count). The molecule has 0 saturated heterocycles. The van der Waals surface area contributed by atoms with E-state index < -0.39 is 23.9 Å². The fraction of sp³-hybridized carbons (Fsp3) is 0.345. The Kier molecular flexibility index (Phi) is 8.69. The molecule has 7 heteroatoms. The summed E-state index contributed by atoms with van der Waals surface area (Å²) in [4.78, 5) is 38.7. The van der Waals surface area contributed by atoms with Crippen LogP contribution in [-0.4, -0.2) is 31.1 Å². The van der Waals surface area contributed by atoms with Crippen molar-refractivity contribution in [2.75, 3.05) is 17.7 Å². The average molecular weight is 490 g/mol. The van der Waals surface area contributed by atoms with Gasteiger partial charge in [-0.1, -0.05) is 55.8 Å². The summed E-state index contributed by atoms with van der Waals surface area (Å²) in [5.41, 5.74) is 4.35. The Morgan fingerprint density at radius 1 is 0.861 bits per heavy atom. The Bertz CT molecular complexity index is 1260. The molecule has 0 aliphatic carbocycles. The number of nitrogens with one attached hydrogen (secondary N) is 3. The molecule has 1 unspecified atom stereocenters. The van der Waals surface area contributed by atoms with Crippen LogP contribution in [0.3, 0.4) is 0 Å². The van der Waals surface area contributed by atoms with Gasteiger partial charge in [0.25, 0.3) is 5.91 Å². The number of rotatable bonds is 8. The van der Waals surface area contributed by atoms with Gasteiger partial charge < -0.3 is 20.7 Å². The molecule has 0 aliphatic heterocycles. The van der Waals surface area contributed by atoms with Gasteiger partial charge >= 0.3 is 12.0 Å². The van der Waals surface area contributed by atoms with Gasteiger partial charge in [0, 0.05) is 5.69 Å². The van der Waals surface area contributed by atoms with E-state index in [0.29, 0.717) is 18.0 Å². The molecule has 0 spiro atoms. The summed E-state index contributed by atoms with van der Waals surface area (Å²) >= 11 is 0. The third-order valence-corrected chi connectivity index (χ3v) is 6.12. The number of esters is 1. The number of carbonyl (C=O) groups is 3. The Morgan fingerprint density at radius 3 is 2.06 bits per heavy atom. The molecule has 3 aromatic carbocycles. The second kappa shape index (κ2) is 11.7. The van der Waals surface area contributed by atoms with Crippen molar-refractivity contribution in [3.63, 3.8) is 0 Å². The van der Waals surface area contributed by atoms with E-state index in [4.69, 9.17) is 4.74 Å². The lowest BCUT2D eigenvalue weighted by Crippen LogP contribution is -2.42. The fourth-order valence-electron chi connectivity index (χ4n) is 4.30. The number of amides is 3. The maximum Gasteiger partial charge on any atom is 0.328 e. The Balaban J connectivity index is 1.91. The van der Waals surface area contributed by atoms with Crippen LogP contribution in [0.25, 0.3) is 10.8 Å². The Morgan fingerprint density at radius 2 is 1.47 bits per heavy atom. The van der Waals surface area contributed by atoms with Crippen molar-refractivity contribution >= 4 is 40.1 Å². The lowest BCUT2D eigenvalue weighted by Gasteiger charge is -2.19. The van der Waals surface area contributed by atoms with Crippen LogP contribution < -0.4 is 16.0 Å². The smallest absolute Gasteiger partial charge is 0.328 e. The number of fused-ring (bicyclic) bond motifs is 1. The van der Waals surface area contributed by atoms with E-state index >= 15 is 0 Å². The third-order valence-electron chi connectivity index (χ3n) is 6.12. The molecule has 3 amide bonds. The van der Waals surface area contributed by atoms with Gasteiger partial charge in [0.15, 0.2) is 0 Å². The van der Waals surface area contributed by atoms with Crippen LogP contribution in [0.15, 0.2) is 48.5 Å². The summed E-state index contributed by atoms with van der Waals surface area (Å²) in [5.74, 6) is -0.593. The monoisotopic (exact) mass is 489 g/mol. The number of aryl methyl sites for hydroxylation is 3. The van der Waals surface area contributed by atoms with Crippen LogP contribution in [0.4, 0.5) is 16.2 Å². The van der Waals surface area contributed by atoms with Gasteiger partial charge in [0.05, 0.1) is 18.4 Å². The summed E-state index contributed by atoms with van der Waals surface area (Å²) in [6.07, 6.45) is 1.21. The third kappa shape index (κ3) is 6.62. The molecule has 0 heterocycles. The summed E-state index contributed by atoms with van der Waals surface area (Å²) in [7, 11) is 1.30. The quantitative estimate of drug-likeness (QED) is 0.332. The highest BCUT2D eigenvalue weighted by Crippen LogP contribution is 2.26. The van der Waals surface area contributed by atoms with E-state index in [2.05, 4.69) is 29.8 Å². The first-order valence-corrected chi connectivity index (χ1v) is 12.2. The van der Waals surface area contributed by atoms with Crippen LogP contribution in [-0.2, 0) is 9.53 Å². The van der Waals surface area contributed by atoms with Gasteiger partial charge in [-0.2, -0.15) is 0 Å². The standard InChI is InChI=1S/C29H35N3O4/c1-17(2)11-12-24(28(34)36-6)30-27(33)23-15-21-9-7-8-10-22(21)16-25(23)31-29(35)32-26-19(4)13-18(3)14-20(26)5/h7-10,13-17,24H,11-12H2,1-6H3,(H,30,33)(H2,31,32,35). The normalized spacial score (nSPS) is 11.8. The Hall–Kier alpha value is -3.87. The van der Waals surface area contributed by atoms with Gasteiger partial charge in [0.2, 0.25) is 0 Å². The van der Waals surface area contributed by atoms with E-state index in [-0.39, 0.29) is 5.56 Å². The van der Waals surface area contributed by atoms with Crippen LogP contribution in [0.5, 0.6) is 0 Å². The minimum absolute atomic E-state index is 0.264. The van der Waals surface area contributed by atoms with Crippen molar-refractivity contribution in [2.24, 2.45) is 5.92 Å². The zero-order valence-electron chi connectivity index (χ0n) is 21.8. The molecular formula is C29H35N3O4. The first-order valence-electron chi connectivity index (χ1n) is 12.2. The molecule has 7 nitrogen and oxygen atoms in total. The molecule has 0 bridgehead atoms.